The zero-order chi connectivity index (χ0) is 20.1. The Morgan fingerprint density at radius 2 is 1.79 bits per heavy atom. The van der Waals surface area contributed by atoms with E-state index in [1.54, 1.807) is 47.3 Å². The average Bonchev–Trinajstić information content (AvgIpc) is 3.37. The molecule has 2 heterocycles. The van der Waals surface area contributed by atoms with E-state index in [2.05, 4.69) is 15.5 Å². The summed E-state index contributed by atoms with van der Waals surface area (Å²) in [4.78, 5) is 12.4. The summed E-state index contributed by atoms with van der Waals surface area (Å²) in [6.07, 6.45) is 3.49. The van der Waals surface area contributed by atoms with E-state index in [4.69, 9.17) is 16.3 Å². The number of aromatic nitrogens is 4. The lowest BCUT2D eigenvalue weighted by atomic mass is 10.2. The van der Waals surface area contributed by atoms with Gasteiger partial charge in [-0.05, 0) is 29.8 Å². The Balaban J connectivity index is 1.33. The number of anilines is 1. The van der Waals surface area contributed by atoms with Crippen molar-refractivity contribution < 1.29 is 9.53 Å². The van der Waals surface area contributed by atoms with Gasteiger partial charge in [-0.1, -0.05) is 48.0 Å². The van der Waals surface area contributed by atoms with Crippen molar-refractivity contribution in [3.05, 3.63) is 95.4 Å². The summed E-state index contributed by atoms with van der Waals surface area (Å²) < 4.78 is 8.91. The van der Waals surface area contributed by atoms with Gasteiger partial charge in [0.15, 0.2) is 18.2 Å². The molecule has 7 nitrogen and oxygen atoms in total. The molecule has 0 saturated carbocycles. The second-order valence-corrected chi connectivity index (χ2v) is 6.75. The van der Waals surface area contributed by atoms with Gasteiger partial charge in [0.25, 0.3) is 5.91 Å². The molecule has 29 heavy (non-hydrogen) atoms. The monoisotopic (exact) mass is 407 g/mol. The van der Waals surface area contributed by atoms with Gasteiger partial charge in [0, 0.05) is 23.5 Å². The smallest absolute Gasteiger partial charge is 0.277 e. The number of halogens is 1. The highest BCUT2D eigenvalue weighted by Gasteiger charge is 2.12. The van der Waals surface area contributed by atoms with Crippen LogP contribution in [0.15, 0.2) is 79.1 Å². The van der Waals surface area contributed by atoms with E-state index < -0.39 is 0 Å². The Hall–Kier alpha value is -3.58. The van der Waals surface area contributed by atoms with Crippen LogP contribution in [-0.4, -0.2) is 25.5 Å². The number of nitrogens with zero attached hydrogens (tertiary/aromatic N) is 4. The molecule has 0 aliphatic heterocycles. The molecule has 0 aliphatic rings. The Morgan fingerprint density at radius 1 is 0.966 bits per heavy atom. The third-order valence-corrected chi connectivity index (χ3v) is 4.34. The quantitative estimate of drug-likeness (QED) is 0.501. The second-order valence-electron chi connectivity index (χ2n) is 6.31. The van der Waals surface area contributed by atoms with Crippen LogP contribution in [0.4, 0.5) is 5.82 Å². The summed E-state index contributed by atoms with van der Waals surface area (Å²) in [6, 6.07) is 20.4. The van der Waals surface area contributed by atoms with Gasteiger partial charge in [0.1, 0.15) is 5.75 Å². The fraction of sp³-hybridized carbons (Fsp3) is 0.0952. The maximum atomic E-state index is 12.4. The lowest BCUT2D eigenvalue weighted by Crippen LogP contribution is -2.15. The van der Waals surface area contributed by atoms with Crippen LogP contribution in [0.5, 0.6) is 5.75 Å². The molecule has 0 saturated heterocycles. The number of nitrogens with one attached hydrogen (secondary N) is 1. The van der Waals surface area contributed by atoms with E-state index in [0.717, 1.165) is 5.56 Å². The maximum Gasteiger partial charge on any atom is 0.277 e. The number of hydrogen-bond donors (Lipinski definition) is 1. The molecule has 0 radical (unpaired) electrons. The summed E-state index contributed by atoms with van der Waals surface area (Å²) in [5.41, 5.74) is 1.41. The van der Waals surface area contributed by atoms with E-state index in [0.29, 0.717) is 23.1 Å². The van der Waals surface area contributed by atoms with E-state index in [1.165, 1.54) is 4.68 Å². The summed E-state index contributed by atoms with van der Waals surface area (Å²) in [7, 11) is 0. The molecule has 2 aromatic heterocycles. The van der Waals surface area contributed by atoms with E-state index in [-0.39, 0.29) is 18.3 Å². The van der Waals surface area contributed by atoms with Crippen LogP contribution in [0.3, 0.4) is 0 Å². The molecule has 146 valence electrons. The summed E-state index contributed by atoms with van der Waals surface area (Å²) in [5, 5.41) is 12.0. The van der Waals surface area contributed by atoms with Gasteiger partial charge in [-0.25, -0.2) is 4.68 Å². The van der Waals surface area contributed by atoms with Crippen LogP contribution in [-0.2, 0) is 13.3 Å². The van der Waals surface area contributed by atoms with E-state index in [9.17, 15) is 4.79 Å². The first-order valence-electron chi connectivity index (χ1n) is 8.96. The Kier molecular flexibility index (Phi) is 5.58. The molecular weight excluding hydrogens is 390 g/mol. The van der Waals surface area contributed by atoms with E-state index in [1.807, 2.05) is 36.5 Å². The molecule has 1 N–H and O–H groups in total. The molecule has 0 bridgehead atoms. The minimum absolute atomic E-state index is 0.166. The number of carbonyl (C=O) groups excluding carboxylic acids is 1. The van der Waals surface area contributed by atoms with Crippen molar-refractivity contribution in [2.75, 3.05) is 5.32 Å². The molecule has 0 fully saturated rings. The molecule has 0 spiro atoms. The zero-order valence-corrected chi connectivity index (χ0v) is 16.2. The van der Waals surface area contributed by atoms with Crippen molar-refractivity contribution in [2.24, 2.45) is 0 Å². The van der Waals surface area contributed by atoms with Crippen molar-refractivity contribution in [2.45, 2.75) is 13.3 Å². The summed E-state index contributed by atoms with van der Waals surface area (Å²) in [5.74, 6) is 0.759. The molecule has 0 unspecified atom stereocenters. The fourth-order valence-electron chi connectivity index (χ4n) is 2.72. The summed E-state index contributed by atoms with van der Waals surface area (Å²) >= 11 is 5.93. The highest BCUT2D eigenvalue weighted by molar-refractivity contribution is 6.30. The molecule has 1 amide bonds. The van der Waals surface area contributed by atoms with Crippen molar-refractivity contribution in [1.82, 2.24) is 19.6 Å². The predicted octanol–water partition coefficient (Wildman–Crippen LogP) is 4.07. The van der Waals surface area contributed by atoms with Gasteiger partial charge >= 0.3 is 0 Å². The van der Waals surface area contributed by atoms with Crippen LogP contribution < -0.4 is 10.1 Å². The highest BCUT2D eigenvalue weighted by atomic mass is 35.5. The minimum atomic E-state index is -0.337. The molecule has 2 aromatic carbocycles. The fourth-order valence-corrected chi connectivity index (χ4v) is 2.90. The van der Waals surface area contributed by atoms with Gasteiger partial charge in [0.2, 0.25) is 0 Å². The van der Waals surface area contributed by atoms with Crippen LogP contribution in [0.25, 0.3) is 0 Å². The number of rotatable bonds is 7. The SMILES string of the molecule is O=C(Nc1ccn(Cc2ccccc2)n1)c1ccn(COc2cccc(Cl)c2)n1. The number of ether oxygens (including phenoxy) is 1. The van der Waals surface area contributed by atoms with Crippen LogP contribution >= 0.6 is 11.6 Å². The van der Waals surface area contributed by atoms with Crippen LogP contribution in [0, 0.1) is 0 Å². The third-order valence-electron chi connectivity index (χ3n) is 4.10. The number of benzene rings is 2. The first-order chi connectivity index (χ1) is 14.2. The number of amides is 1. The number of hydrogen-bond acceptors (Lipinski definition) is 4. The van der Waals surface area contributed by atoms with Crippen molar-refractivity contribution in [1.29, 1.82) is 0 Å². The maximum absolute atomic E-state index is 12.4. The largest absolute Gasteiger partial charge is 0.471 e. The van der Waals surface area contributed by atoms with Gasteiger partial charge in [-0.15, -0.1) is 0 Å². The molecule has 0 aliphatic carbocycles. The zero-order valence-electron chi connectivity index (χ0n) is 15.4. The highest BCUT2D eigenvalue weighted by Crippen LogP contribution is 2.17. The Morgan fingerprint density at radius 3 is 2.62 bits per heavy atom. The third kappa shape index (κ3) is 5.03. The van der Waals surface area contributed by atoms with Crippen molar-refractivity contribution in [3.8, 4) is 5.75 Å². The standard InChI is InChI=1S/C21H18ClN5O2/c22-17-7-4-8-18(13-17)29-15-27-11-9-19(24-27)21(28)23-20-10-12-26(25-20)14-16-5-2-1-3-6-16/h1-13H,14-15H2,(H,23,25,28). The normalized spacial score (nSPS) is 10.7. The van der Waals surface area contributed by atoms with E-state index >= 15 is 0 Å². The van der Waals surface area contributed by atoms with Crippen LogP contribution in [0.1, 0.15) is 16.1 Å². The molecule has 0 atom stereocenters. The van der Waals surface area contributed by atoms with Gasteiger partial charge in [-0.3, -0.25) is 9.48 Å². The predicted molar refractivity (Wildman–Crippen MR) is 110 cm³/mol. The minimum Gasteiger partial charge on any atom is -0.471 e. The average molecular weight is 408 g/mol. The van der Waals surface area contributed by atoms with Gasteiger partial charge in [0.05, 0.1) is 6.54 Å². The van der Waals surface area contributed by atoms with Crippen molar-refractivity contribution >= 4 is 23.3 Å². The lowest BCUT2D eigenvalue weighted by Gasteiger charge is -2.06. The Bertz CT molecular complexity index is 1110. The topological polar surface area (TPSA) is 74.0 Å². The first-order valence-corrected chi connectivity index (χ1v) is 9.34. The number of carbonyl (C=O) groups is 1. The second kappa shape index (κ2) is 8.62. The Labute approximate surface area is 172 Å². The molecule has 4 rings (SSSR count). The molecular formula is C21H18ClN5O2. The lowest BCUT2D eigenvalue weighted by molar-refractivity contribution is 0.101. The van der Waals surface area contributed by atoms with Gasteiger partial charge in [-0.2, -0.15) is 10.2 Å². The molecule has 4 aromatic rings. The van der Waals surface area contributed by atoms with Crippen molar-refractivity contribution in [3.63, 3.8) is 0 Å². The summed E-state index contributed by atoms with van der Waals surface area (Å²) in [6.45, 7) is 0.797. The molecule has 8 heteroatoms. The first kappa shape index (κ1) is 18.8. The van der Waals surface area contributed by atoms with Crippen LogP contribution in [0.2, 0.25) is 5.02 Å². The van der Waals surface area contributed by atoms with Gasteiger partial charge < -0.3 is 10.1 Å².